The Labute approximate surface area is 197 Å². The minimum atomic E-state index is -0.488. The van der Waals surface area contributed by atoms with Gasteiger partial charge >= 0.3 is 0 Å². The third-order valence-electron chi connectivity index (χ3n) is 5.78. The zero-order valence-corrected chi connectivity index (χ0v) is 19.3. The zero-order chi connectivity index (χ0) is 23.2. The lowest BCUT2D eigenvalue weighted by atomic mass is 10.00. The van der Waals surface area contributed by atoms with Gasteiger partial charge in [0.15, 0.2) is 17.5 Å². The number of aromatic amines is 1. The minimum Gasteiger partial charge on any atom is -0.395 e. The molecule has 1 aliphatic rings. The molecule has 0 bridgehead atoms. The summed E-state index contributed by atoms with van der Waals surface area (Å²) in [6, 6.07) is 2.05. The van der Waals surface area contributed by atoms with Gasteiger partial charge < -0.3 is 20.3 Å². The molecule has 0 spiro atoms. The van der Waals surface area contributed by atoms with Gasteiger partial charge in [-0.05, 0) is 37.6 Å². The molecule has 0 fully saturated rings. The highest BCUT2D eigenvalue weighted by molar-refractivity contribution is 6.31. The monoisotopic (exact) mass is 470 g/mol. The molecular formula is C24H28ClFN6O. The van der Waals surface area contributed by atoms with Crippen LogP contribution < -0.4 is 5.32 Å². The highest BCUT2D eigenvalue weighted by Crippen LogP contribution is 2.28. The van der Waals surface area contributed by atoms with Crippen molar-refractivity contribution >= 4 is 28.5 Å². The molecule has 0 saturated heterocycles. The quantitative estimate of drug-likeness (QED) is 0.389. The van der Waals surface area contributed by atoms with Crippen molar-refractivity contribution in [2.45, 2.75) is 44.7 Å². The van der Waals surface area contributed by atoms with Crippen LogP contribution >= 0.6 is 11.6 Å². The summed E-state index contributed by atoms with van der Waals surface area (Å²) < 4.78 is 14.7. The van der Waals surface area contributed by atoms with E-state index >= 15 is 0 Å². The lowest BCUT2D eigenvalue weighted by Crippen LogP contribution is -2.34. The Bertz CT molecular complexity index is 1150. The lowest BCUT2D eigenvalue weighted by Gasteiger charge is -2.31. The number of fused-ring (bicyclic) bond motifs is 1. The van der Waals surface area contributed by atoms with E-state index in [0.717, 1.165) is 31.1 Å². The van der Waals surface area contributed by atoms with Crippen molar-refractivity contribution in [2.75, 3.05) is 18.5 Å². The van der Waals surface area contributed by atoms with Crippen molar-refractivity contribution in [3.05, 3.63) is 59.9 Å². The second-order valence-corrected chi connectivity index (χ2v) is 8.54. The van der Waals surface area contributed by atoms with Crippen LogP contribution in [0.25, 0.3) is 22.4 Å². The average molecular weight is 471 g/mol. The second-order valence-electron chi connectivity index (χ2n) is 8.10. The summed E-state index contributed by atoms with van der Waals surface area (Å²) in [5.41, 5.74) is 1.39. The number of aromatic nitrogens is 4. The highest BCUT2D eigenvalue weighted by atomic mass is 35.5. The molecule has 0 aromatic carbocycles. The van der Waals surface area contributed by atoms with Crippen LogP contribution in [0, 0.1) is 5.82 Å². The number of hydrogen-bond acceptors (Lipinski definition) is 6. The number of nitrogens with one attached hydrogen (secondary N) is 2. The van der Waals surface area contributed by atoms with Crippen LogP contribution in [0.2, 0.25) is 5.02 Å². The van der Waals surface area contributed by atoms with E-state index in [-0.39, 0.29) is 24.5 Å². The highest BCUT2D eigenvalue weighted by Gasteiger charge is 2.19. The average Bonchev–Trinajstić information content (AvgIpc) is 3.23. The van der Waals surface area contributed by atoms with Crippen LogP contribution in [-0.4, -0.2) is 55.2 Å². The molecule has 0 aliphatic carbocycles. The first kappa shape index (κ1) is 23.2. The predicted molar refractivity (Wildman–Crippen MR) is 130 cm³/mol. The van der Waals surface area contributed by atoms with Crippen LogP contribution in [0.15, 0.2) is 49.1 Å². The molecule has 33 heavy (non-hydrogen) atoms. The van der Waals surface area contributed by atoms with Crippen molar-refractivity contribution in [2.24, 2.45) is 0 Å². The summed E-state index contributed by atoms with van der Waals surface area (Å²) in [5.74, 6) is 0.103. The van der Waals surface area contributed by atoms with Gasteiger partial charge in [-0.1, -0.05) is 37.1 Å². The molecule has 3 aromatic heterocycles. The third kappa shape index (κ3) is 5.51. The fourth-order valence-electron chi connectivity index (χ4n) is 4.16. The molecule has 174 valence electrons. The largest absolute Gasteiger partial charge is 0.395 e. The number of pyridine rings is 1. The molecular weight excluding hydrogens is 443 g/mol. The molecule has 0 amide bonds. The molecule has 3 aromatic rings. The molecule has 4 heterocycles. The molecule has 1 unspecified atom stereocenters. The fraction of sp³-hybridized carbons (Fsp3) is 0.375. The molecule has 3 N–H and O–H groups in total. The molecule has 9 heteroatoms. The summed E-state index contributed by atoms with van der Waals surface area (Å²) in [6.45, 7) is 2.81. The number of β-amino-alcohol motifs (C(OH)–C–C–N with tert-alkyl or cyclic N) is 1. The summed E-state index contributed by atoms with van der Waals surface area (Å²) in [5, 5.41) is 13.9. The maximum absolute atomic E-state index is 14.7. The van der Waals surface area contributed by atoms with Gasteiger partial charge in [-0.2, -0.15) is 0 Å². The fourth-order valence-corrected chi connectivity index (χ4v) is 4.31. The van der Waals surface area contributed by atoms with E-state index in [1.807, 2.05) is 18.4 Å². The number of allylic oxidation sites excluding steroid dienone is 2. The number of nitrogens with zero attached hydrogens (tertiary/aromatic N) is 4. The normalized spacial score (nSPS) is 16.5. The molecule has 2 atom stereocenters. The maximum Gasteiger partial charge on any atom is 0.183 e. The van der Waals surface area contributed by atoms with Crippen molar-refractivity contribution in [1.29, 1.82) is 0 Å². The van der Waals surface area contributed by atoms with Crippen molar-refractivity contribution in [1.82, 2.24) is 24.8 Å². The van der Waals surface area contributed by atoms with Gasteiger partial charge in [0.2, 0.25) is 0 Å². The van der Waals surface area contributed by atoms with Crippen LogP contribution in [-0.2, 0) is 0 Å². The Kier molecular flexibility index (Phi) is 7.57. The molecule has 7 nitrogen and oxygen atoms in total. The second kappa shape index (κ2) is 10.8. The van der Waals surface area contributed by atoms with Gasteiger partial charge in [0.1, 0.15) is 5.65 Å². The lowest BCUT2D eigenvalue weighted by molar-refractivity contribution is 0.209. The molecule has 0 saturated carbocycles. The SMILES string of the molecule is CCCC(CC[C@H]1C=CC=CN1CCO)Nc1nc(-c2c[nH]c3ncc(Cl)cc23)ncc1F. The number of hydrogen-bond donors (Lipinski definition) is 3. The minimum absolute atomic E-state index is 0.0570. The standard InChI is InChI=1S/C24H28ClFN6O/c1-2-5-17(7-8-18-6-3-4-9-32(18)10-11-33)30-24-21(26)15-29-23(31-24)20-14-28-22-19(20)12-16(25)13-27-22/h3-4,6,9,12-15,17-18,33H,2,5,7-8,10-11H2,1H3,(H,27,28)(H,29,30,31)/t17?,18-/m1/s1. The van der Waals surface area contributed by atoms with E-state index in [9.17, 15) is 9.50 Å². The zero-order valence-electron chi connectivity index (χ0n) is 18.5. The van der Waals surface area contributed by atoms with Crippen LogP contribution in [0.5, 0.6) is 0 Å². The molecule has 1 aliphatic heterocycles. The number of aliphatic hydroxyl groups excluding tert-OH is 1. The topological polar surface area (TPSA) is 90.0 Å². The Morgan fingerprint density at radius 1 is 1.27 bits per heavy atom. The maximum atomic E-state index is 14.7. The van der Waals surface area contributed by atoms with Gasteiger partial charge in [-0.15, -0.1) is 0 Å². The number of halogens is 2. The Hall–Kier alpha value is -2.97. The number of rotatable bonds is 10. The van der Waals surface area contributed by atoms with Gasteiger partial charge in [0, 0.05) is 42.0 Å². The van der Waals surface area contributed by atoms with E-state index in [1.165, 1.54) is 6.20 Å². The van der Waals surface area contributed by atoms with Gasteiger partial charge in [0.25, 0.3) is 0 Å². The number of anilines is 1. The van der Waals surface area contributed by atoms with Crippen molar-refractivity contribution in [3.8, 4) is 11.4 Å². The van der Waals surface area contributed by atoms with Crippen LogP contribution in [0.1, 0.15) is 32.6 Å². The van der Waals surface area contributed by atoms with Crippen molar-refractivity contribution < 1.29 is 9.50 Å². The van der Waals surface area contributed by atoms with E-state index in [2.05, 4.69) is 43.2 Å². The van der Waals surface area contributed by atoms with E-state index in [0.29, 0.717) is 28.6 Å². The predicted octanol–water partition coefficient (Wildman–Crippen LogP) is 4.92. The first-order chi connectivity index (χ1) is 16.1. The van der Waals surface area contributed by atoms with Gasteiger partial charge in [-0.25, -0.2) is 19.3 Å². The van der Waals surface area contributed by atoms with E-state index < -0.39 is 5.82 Å². The van der Waals surface area contributed by atoms with Gasteiger partial charge in [-0.3, -0.25) is 0 Å². The summed E-state index contributed by atoms with van der Waals surface area (Å²) in [6.07, 6.45) is 16.2. The summed E-state index contributed by atoms with van der Waals surface area (Å²) >= 11 is 6.11. The van der Waals surface area contributed by atoms with E-state index in [4.69, 9.17) is 11.6 Å². The van der Waals surface area contributed by atoms with Crippen molar-refractivity contribution in [3.63, 3.8) is 0 Å². The van der Waals surface area contributed by atoms with Gasteiger partial charge in [0.05, 0.1) is 17.8 Å². The van der Waals surface area contributed by atoms with E-state index in [1.54, 1.807) is 18.5 Å². The Morgan fingerprint density at radius 3 is 2.97 bits per heavy atom. The molecule has 0 radical (unpaired) electrons. The Morgan fingerprint density at radius 2 is 2.15 bits per heavy atom. The number of H-pyrrole nitrogens is 1. The first-order valence-corrected chi connectivity index (χ1v) is 11.6. The summed E-state index contributed by atoms with van der Waals surface area (Å²) in [4.78, 5) is 18.2. The smallest absolute Gasteiger partial charge is 0.183 e. The number of aliphatic hydroxyl groups is 1. The van der Waals surface area contributed by atoms with Crippen LogP contribution in [0.3, 0.4) is 0 Å². The third-order valence-corrected chi connectivity index (χ3v) is 5.98. The first-order valence-electron chi connectivity index (χ1n) is 11.2. The summed E-state index contributed by atoms with van der Waals surface area (Å²) in [7, 11) is 0. The van der Waals surface area contributed by atoms with Crippen LogP contribution in [0.4, 0.5) is 10.2 Å². The molecule has 4 rings (SSSR count). The Balaban J connectivity index is 1.51.